The van der Waals surface area contributed by atoms with Crippen molar-refractivity contribution in [3.63, 3.8) is 0 Å². The van der Waals surface area contributed by atoms with E-state index >= 15 is 0 Å². The van der Waals surface area contributed by atoms with E-state index in [1.54, 1.807) is 24.3 Å². The van der Waals surface area contributed by atoms with Gasteiger partial charge in [0.05, 0.1) is 24.4 Å². The minimum absolute atomic E-state index is 0.0352. The van der Waals surface area contributed by atoms with Gasteiger partial charge in [-0.25, -0.2) is 9.97 Å². The van der Waals surface area contributed by atoms with Crippen LogP contribution in [0.4, 0.5) is 11.6 Å². The number of amides is 1. The smallest absolute Gasteiger partial charge is 0.276 e. The van der Waals surface area contributed by atoms with E-state index in [9.17, 15) is 4.79 Å². The summed E-state index contributed by atoms with van der Waals surface area (Å²) >= 11 is 6.10. The lowest BCUT2D eigenvalue weighted by Crippen LogP contribution is -2.37. The van der Waals surface area contributed by atoms with Gasteiger partial charge in [0, 0.05) is 18.8 Å². The van der Waals surface area contributed by atoms with Crippen LogP contribution in [0.3, 0.4) is 0 Å². The molecule has 134 valence electrons. The molecule has 0 aliphatic carbocycles. The lowest BCUT2D eigenvalue weighted by Gasteiger charge is -2.26. The lowest BCUT2D eigenvalue weighted by atomic mass is 10.3. The first-order chi connectivity index (χ1) is 12.7. The van der Waals surface area contributed by atoms with Crippen molar-refractivity contribution in [2.24, 2.45) is 0 Å². The SMILES string of the molecule is N#CCOc1ccc(NC(=O)c2nc(N3CCOCC3)ncc2Cl)cc1. The minimum Gasteiger partial charge on any atom is -0.479 e. The number of hydrogen-bond acceptors (Lipinski definition) is 7. The largest absolute Gasteiger partial charge is 0.479 e. The average Bonchev–Trinajstić information content (AvgIpc) is 2.68. The summed E-state index contributed by atoms with van der Waals surface area (Å²) < 4.78 is 10.5. The lowest BCUT2D eigenvalue weighted by molar-refractivity contribution is 0.102. The van der Waals surface area contributed by atoms with Crippen LogP contribution < -0.4 is 15.0 Å². The number of anilines is 2. The summed E-state index contributed by atoms with van der Waals surface area (Å²) in [4.78, 5) is 23.0. The summed E-state index contributed by atoms with van der Waals surface area (Å²) in [6.45, 7) is 2.47. The number of nitrogens with zero attached hydrogens (tertiary/aromatic N) is 4. The van der Waals surface area contributed by atoms with E-state index in [-0.39, 0.29) is 17.3 Å². The fourth-order valence-corrected chi connectivity index (χ4v) is 2.55. The van der Waals surface area contributed by atoms with Crippen molar-refractivity contribution in [3.05, 3.63) is 41.2 Å². The van der Waals surface area contributed by atoms with Crippen molar-refractivity contribution in [1.82, 2.24) is 9.97 Å². The summed E-state index contributed by atoms with van der Waals surface area (Å²) in [6.07, 6.45) is 1.42. The van der Waals surface area contributed by atoms with Crippen molar-refractivity contribution in [3.8, 4) is 11.8 Å². The van der Waals surface area contributed by atoms with Gasteiger partial charge in [-0.2, -0.15) is 5.26 Å². The van der Waals surface area contributed by atoms with Crippen LogP contribution in [0.5, 0.6) is 5.75 Å². The van der Waals surface area contributed by atoms with Crippen molar-refractivity contribution >= 4 is 29.1 Å². The molecule has 0 atom stereocenters. The Hall–Kier alpha value is -2.89. The predicted octanol–water partition coefficient (Wildman–Crippen LogP) is 2.12. The molecule has 1 aromatic carbocycles. The number of nitrogens with one attached hydrogen (secondary N) is 1. The quantitative estimate of drug-likeness (QED) is 0.856. The Morgan fingerprint density at radius 3 is 2.77 bits per heavy atom. The number of rotatable bonds is 5. The van der Waals surface area contributed by atoms with Crippen LogP contribution in [0, 0.1) is 11.3 Å². The molecule has 1 fully saturated rings. The molecule has 2 heterocycles. The Bertz CT molecular complexity index is 816. The Balaban J connectivity index is 1.71. The topological polar surface area (TPSA) is 100 Å². The Morgan fingerprint density at radius 2 is 2.08 bits per heavy atom. The summed E-state index contributed by atoms with van der Waals surface area (Å²) in [5.41, 5.74) is 0.662. The number of nitriles is 1. The molecule has 2 aromatic rings. The first-order valence-electron chi connectivity index (χ1n) is 7.94. The molecule has 0 bridgehead atoms. The highest BCUT2D eigenvalue weighted by Crippen LogP contribution is 2.20. The molecule has 26 heavy (non-hydrogen) atoms. The Kier molecular flexibility index (Phi) is 5.84. The Labute approximate surface area is 155 Å². The maximum absolute atomic E-state index is 12.5. The molecule has 1 amide bonds. The monoisotopic (exact) mass is 373 g/mol. The standard InChI is InChI=1S/C17H16ClN5O3/c18-14-11-20-17(23-6-9-25-10-7-23)22-15(14)16(24)21-12-1-3-13(4-2-12)26-8-5-19/h1-4,11H,6-10H2,(H,21,24). The van der Waals surface area contributed by atoms with Gasteiger partial charge >= 0.3 is 0 Å². The molecular weight excluding hydrogens is 358 g/mol. The second kappa shape index (κ2) is 8.47. The van der Waals surface area contributed by atoms with E-state index in [2.05, 4.69) is 15.3 Å². The molecule has 1 aromatic heterocycles. The van der Waals surface area contributed by atoms with Crippen LogP contribution in [0.1, 0.15) is 10.5 Å². The second-order valence-corrected chi connectivity index (χ2v) is 5.80. The van der Waals surface area contributed by atoms with Gasteiger partial charge in [0.1, 0.15) is 11.8 Å². The zero-order valence-corrected chi connectivity index (χ0v) is 14.6. The van der Waals surface area contributed by atoms with E-state index in [1.165, 1.54) is 6.20 Å². The van der Waals surface area contributed by atoms with Crippen molar-refractivity contribution < 1.29 is 14.3 Å². The highest BCUT2D eigenvalue weighted by Gasteiger charge is 2.19. The fourth-order valence-electron chi connectivity index (χ4n) is 2.37. The predicted molar refractivity (Wildman–Crippen MR) is 95.6 cm³/mol. The number of hydrogen-bond donors (Lipinski definition) is 1. The fraction of sp³-hybridized carbons (Fsp3) is 0.294. The third-order valence-corrected chi connectivity index (χ3v) is 3.93. The summed E-state index contributed by atoms with van der Waals surface area (Å²) in [5, 5.41) is 11.4. The normalized spacial score (nSPS) is 13.8. The van der Waals surface area contributed by atoms with Crippen LogP contribution in [-0.2, 0) is 4.74 Å². The molecule has 8 nitrogen and oxygen atoms in total. The summed E-state index contributed by atoms with van der Waals surface area (Å²) in [5.74, 6) is 0.555. The minimum atomic E-state index is -0.433. The summed E-state index contributed by atoms with van der Waals surface area (Å²) in [6, 6.07) is 8.55. The number of aromatic nitrogens is 2. The molecule has 0 unspecified atom stereocenters. The van der Waals surface area contributed by atoms with Gasteiger partial charge in [0.15, 0.2) is 12.3 Å². The molecule has 1 saturated heterocycles. The molecule has 0 radical (unpaired) electrons. The van der Waals surface area contributed by atoms with Crippen LogP contribution in [0.25, 0.3) is 0 Å². The molecule has 3 rings (SSSR count). The van der Waals surface area contributed by atoms with E-state index in [0.29, 0.717) is 43.7 Å². The highest BCUT2D eigenvalue weighted by molar-refractivity contribution is 6.34. The van der Waals surface area contributed by atoms with E-state index in [1.807, 2.05) is 11.0 Å². The Morgan fingerprint density at radius 1 is 1.35 bits per heavy atom. The van der Waals surface area contributed by atoms with Crippen LogP contribution in [0.2, 0.25) is 5.02 Å². The first kappa shape index (κ1) is 17.9. The summed E-state index contributed by atoms with van der Waals surface area (Å²) in [7, 11) is 0. The van der Waals surface area contributed by atoms with Crippen molar-refractivity contribution in [1.29, 1.82) is 5.26 Å². The highest BCUT2D eigenvalue weighted by atomic mass is 35.5. The van der Waals surface area contributed by atoms with Crippen LogP contribution >= 0.6 is 11.6 Å². The van der Waals surface area contributed by atoms with Crippen molar-refractivity contribution in [2.75, 3.05) is 43.1 Å². The van der Waals surface area contributed by atoms with E-state index in [0.717, 1.165) is 0 Å². The number of morpholine rings is 1. The van der Waals surface area contributed by atoms with Gasteiger partial charge in [0.2, 0.25) is 5.95 Å². The third kappa shape index (κ3) is 4.39. The van der Waals surface area contributed by atoms with Gasteiger partial charge in [-0.15, -0.1) is 0 Å². The molecule has 0 saturated carbocycles. The van der Waals surface area contributed by atoms with Gasteiger partial charge < -0.3 is 19.7 Å². The van der Waals surface area contributed by atoms with Crippen molar-refractivity contribution in [2.45, 2.75) is 0 Å². The number of benzene rings is 1. The number of carbonyl (C=O) groups excluding carboxylic acids is 1. The molecule has 0 spiro atoms. The molecule has 1 N–H and O–H groups in total. The maximum Gasteiger partial charge on any atom is 0.276 e. The number of carbonyl (C=O) groups is 1. The third-order valence-electron chi connectivity index (χ3n) is 3.66. The molecule has 1 aliphatic rings. The van der Waals surface area contributed by atoms with Crippen LogP contribution in [0.15, 0.2) is 30.5 Å². The zero-order chi connectivity index (χ0) is 18.4. The maximum atomic E-state index is 12.5. The number of ether oxygens (including phenoxy) is 2. The second-order valence-electron chi connectivity index (χ2n) is 5.39. The molecule has 1 aliphatic heterocycles. The first-order valence-corrected chi connectivity index (χ1v) is 8.31. The van der Waals surface area contributed by atoms with Gasteiger partial charge in [-0.1, -0.05) is 11.6 Å². The zero-order valence-electron chi connectivity index (χ0n) is 13.8. The number of halogens is 1. The van der Waals surface area contributed by atoms with E-state index in [4.69, 9.17) is 26.3 Å². The average molecular weight is 374 g/mol. The van der Waals surface area contributed by atoms with Crippen LogP contribution in [-0.4, -0.2) is 48.8 Å². The van der Waals surface area contributed by atoms with Gasteiger partial charge in [0.25, 0.3) is 5.91 Å². The molecule has 9 heteroatoms. The van der Waals surface area contributed by atoms with Gasteiger partial charge in [-0.05, 0) is 24.3 Å². The van der Waals surface area contributed by atoms with E-state index < -0.39 is 5.91 Å². The molecular formula is C17H16ClN5O3. The van der Waals surface area contributed by atoms with Gasteiger partial charge in [-0.3, -0.25) is 4.79 Å².